The van der Waals surface area contributed by atoms with Crippen LogP contribution in [0.4, 0.5) is 21.6 Å². The van der Waals surface area contributed by atoms with Crippen LogP contribution in [-0.4, -0.2) is 11.0 Å². The van der Waals surface area contributed by atoms with Gasteiger partial charge in [-0.05, 0) is 25.0 Å². The summed E-state index contributed by atoms with van der Waals surface area (Å²) in [7, 11) is 0. The first-order valence-electron chi connectivity index (χ1n) is 7.87. The van der Waals surface area contributed by atoms with E-state index >= 15 is 0 Å². The molecule has 1 aliphatic carbocycles. The fourth-order valence-electron chi connectivity index (χ4n) is 2.86. The van der Waals surface area contributed by atoms with Gasteiger partial charge < -0.3 is 21.5 Å². The summed E-state index contributed by atoms with van der Waals surface area (Å²) < 4.78 is 19.7. The first-order chi connectivity index (χ1) is 11.1. The van der Waals surface area contributed by atoms with Crippen LogP contribution in [0.1, 0.15) is 32.1 Å². The van der Waals surface area contributed by atoms with Crippen molar-refractivity contribution in [2.75, 3.05) is 16.8 Å². The van der Waals surface area contributed by atoms with Gasteiger partial charge in [0.25, 0.3) is 0 Å². The van der Waals surface area contributed by atoms with Gasteiger partial charge >= 0.3 is 0 Å². The van der Waals surface area contributed by atoms with Crippen LogP contribution < -0.4 is 21.5 Å². The van der Waals surface area contributed by atoms with Crippen molar-refractivity contribution in [1.29, 1.82) is 0 Å². The Hall–Kier alpha value is -2.50. The molecule has 0 radical (unpaired) electrons. The number of anilines is 3. The van der Waals surface area contributed by atoms with Gasteiger partial charge in [0, 0.05) is 30.1 Å². The lowest BCUT2D eigenvalue weighted by atomic mass is 9.95. The Morgan fingerprint density at radius 2 is 1.87 bits per heavy atom. The molecule has 122 valence electrons. The highest BCUT2D eigenvalue weighted by atomic mass is 19.1. The first kappa shape index (κ1) is 15.4. The molecule has 1 aliphatic rings. The SMILES string of the molecule is Nc1ccc(Oc2ccnc(N)c2NC2CCCCC2)c(F)c1. The molecular formula is C17H21FN4O. The number of halogens is 1. The van der Waals surface area contributed by atoms with E-state index in [1.165, 1.54) is 31.4 Å². The Bertz CT molecular complexity index is 686. The topological polar surface area (TPSA) is 86.2 Å². The third-order valence-electron chi connectivity index (χ3n) is 4.07. The highest BCUT2D eigenvalue weighted by molar-refractivity contribution is 5.70. The summed E-state index contributed by atoms with van der Waals surface area (Å²) in [5.41, 5.74) is 12.5. The van der Waals surface area contributed by atoms with Gasteiger partial charge in [-0.15, -0.1) is 0 Å². The Morgan fingerprint density at radius 3 is 2.61 bits per heavy atom. The van der Waals surface area contributed by atoms with Gasteiger partial charge in [0.1, 0.15) is 5.69 Å². The van der Waals surface area contributed by atoms with Crippen molar-refractivity contribution in [3.05, 3.63) is 36.3 Å². The van der Waals surface area contributed by atoms with Gasteiger partial charge in [0.15, 0.2) is 23.1 Å². The van der Waals surface area contributed by atoms with Crippen molar-refractivity contribution in [3.63, 3.8) is 0 Å². The van der Waals surface area contributed by atoms with Crippen molar-refractivity contribution in [2.45, 2.75) is 38.1 Å². The van der Waals surface area contributed by atoms with Crippen LogP contribution in [0, 0.1) is 5.82 Å². The van der Waals surface area contributed by atoms with Gasteiger partial charge in [-0.1, -0.05) is 19.3 Å². The standard InChI is InChI=1S/C17H21FN4O/c18-13-10-11(19)6-7-14(13)23-15-8-9-21-17(20)16(15)22-12-4-2-1-3-5-12/h6-10,12,22H,1-5,19H2,(H2,20,21). The van der Waals surface area contributed by atoms with Crippen LogP contribution in [0.25, 0.3) is 0 Å². The highest BCUT2D eigenvalue weighted by Crippen LogP contribution is 2.36. The van der Waals surface area contributed by atoms with Crippen molar-refractivity contribution < 1.29 is 9.13 Å². The molecule has 3 rings (SSSR count). The molecule has 0 atom stereocenters. The largest absolute Gasteiger partial charge is 0.452 e. The second-order valence-electron chi connectivity index (χ2n) is 5.84. The van der Waals surface area contributed by atoms with Gasteiger partial charge in [0.2, 0.25) is 0 Å². The summed E-state index contributed by atoms with van der Waals surface area (Å²) in [6, 6.07) is 6.35. The van der Waals surface area contributed by atoms with Crippen molar-refractivity contribution >= 4 is 17.2 Å². The summed E-state index contributed by atoms with van der Waals surface area (Å²) >= 11 is 0. The molecule has 0 aliphatic heterocycles. The zero-order chi connectivity index (χ0) is 16.2. The maximum absolute atomic E-state index is 14.0. The number of benzene rings is 1. The second-order valence-corrected chi connectivity index (χ2v) is 5.84. The van der Waals surface area contributed by atoms with E-state index in [9.17, 15) is 4.39 Å². The molecule has 1 aromatic heterocycles. The normalized spacial score (nSPS) is 15.3. The van der Waals surface area contributed by atoms with Crippen molar-refractivity contribution in [1.82, 2.24) is 4.98 Å². The van der Waals surface area contributed by atoms with Gasteiger partial charge in [0.05, 0.1) is 0 Å². The number of nitrogens with one attached hydrogen (secondary N) is 1. The Kier molecular flexibility index (Phi) is 4.50. The number of hydrogen-bond donors (Lipinski definition) is 3. The molecule has 0 bridgehead atoms. The summed E-state index contributed by atoms with van der Waals surface area (Å²) in [5, 5.41) is 3.41. The molecule has 5 N–H and O–H groups in total. The van der Waals surface area contributed by atoms with E-state index in [1.54, 1.807) is 18.3 Å². The molecule has 1 aromatic carbocycles. The van der Waals surface area contributed by atoms with Crippen LogP contribution in [-0.2, 0) is 0 Å². The Balaban J connectivity index is 1.85. The molecule has 0 unspecified atom stereocenters. The monoisotopic (exact) mass is 316 g/mol. The highest BCUT2D eigenvalue weighted by Gasteiger charge is 2.18. The van der Waals surface area contributed by atoms with E-state index in [0.29, 0.717) is 29.0 Å². The number of pyridine rings is 1. The molecule has 0 spiro atoms. The quantitative estimate of drug-likeness (QED) is 0.744. The van der Waals surface area contributed by atoms with E-state index in [1.807, 2.05) is 0 Å². The molecule has 6 heteroatoms. The second kappa shape index (κ2) is 6.73. The van der Waals surface area contributed by atoms with E-state index in [2.05, 4.69) is 10.3 Å². The molecular weight excluding hydrogens is 295 g/mol. The average molecular weight is 316 g/mol. The van der Waals surface area contributed by atoms with Crippen LogP contribution in [0.15, 0.2) is 30.5 Å². The third-order valence-corrected chi connectivity index (χ3v) is 4.07. The molecule has 1 fully saturated rings. The minimum Gasteiger partial charge on any atom is -0.452 e. The molecule has 0 saturated heterocycles. The van der Waals surface area contributed by atoms with E-state index in [-0.39, 0.29) is 5.75 Å². The number of hydrogen-bond acceptors (Lipinski definition) is 5. The molecule has 23 heavy (non-hydrogen) atoms. The van der Waals surface area contributed by atoms with Crippen LogP contribution in [0.2, 0.25) is 0 Å². The molecule has 5 nitrogen and oxygen atoms in total. The van der Waals surface area contributed by atoms with Crippen LogP contribution >= 0.6 is 0 Å². The molecule has 1 saturated carbocycles. The lowest BCUT2D eigenvalue weighted by Gasteiger charge is -2.25. The Labute approximate surface area is 134 Å². The maximum atomic E-state index is 14.0. The lowest BCUT2D eigenvalue weighted by Crippen LogP contribution is -2.23. The number of aromatic nitrogens is 1. The predicted octanol–water partition coefficient (Wildman–Crippen LogP) is 3.92. The molecule has 2 aromatic rings. The zero-order valence-electron chi connectivity index (χ0n) is 12.9. The van der Waals surface area contributed by atoms with Crippen LogP contribution in [0.5, 0.6) is 11.5 Å². The average Bonchev–Trinajstić information content (AvgIpc) is 2.54. The predicted molar refractivity (Wildman–Crippen MR) is 90.0 cm³/mol. The maximum Gasteiger partial charge on any atom is 0.167 e. The lowest BCUT2D eigenvalue weighted by molar-refractivity contribution is 0.437. The summed E-state index contributed by atoms with van der Waals surface area (Å²) in [6.45, 7) is 0. The minimum absolute atomic E-state index is 0.108. The first-order valence-corrected chi connectivity index (χ1v) is 7.87. The smallest absolute Gasteiger partial charge is 0.167 e. The van der Waals surface area contributed by atoms with Crippen molar-refractivity contribution in [3.8, 4) is 11.5 Å². The molecule has 0 amide bonds. The zero-order valence-corrected chi connectivity index (χ0v) is 12.9. The summed E-state index contributed by atoms with van der Waals surface area (Å²) in [6.07, 6.45) is 7.38. The van der Waals surface area contributed by atoms with Crippen molar-refractivity contribution in [2.24, 2.45) is 0 Å². The van der Waals surface area contributed by atoms with Gasteiger partial charge in [-0.3, -0.25) is 0 Å². The van der Waals surface area contributed by atoms with Gasteiger partial charge in [-0.25, -0.2) is 9.37 Å². The minimum atomic E-state index is -0.510. The van der Waals surface area contributed by atoms with Crippen LogP contribution in [0.3, 0.4) is 0 Å². The van der Waals surface area contributed by atoms with E-state index in [0.717, 1.165) is 12.8 Å². The third kappa shape index (κ3) is 3.64. The Morgan fingerprint density at radius 1 is 1.09 bits per heavy atom. The molecule has 1 heterocycles. The number of nitrogen functional groups attached to an aromatic ring is 2. The fourth-order valence-corrected chi connectivity index (χ4v) is 2.86. The number of ether oxygens (including phenoxy) is 1. The van der Waals surface area contributed by atoms with Gasteiger partial charge in [-0.2, -0.15) is 0 Å². The number of nitrogens with zero attached hydrogens (tertiary/aromatic N) is 1. The number of nitrogens with two attached hydrogens (primary N) is 2. The fraction of sp³-hybridized carbons (Fsp3) is 0.353. The van der Waals surface area contributed by atoms with E-state index < -0.39 is 5.82 Å². The van der Waals surface area contributed by atoms with E-state index in [4.69, 9.17) is 16.2 Å². The summed E-state index contributed by atoms with van der Waals surface area (Å²) in [4.78, 5) is 4.10. The number of rotatable bonds is 4. The summed E-state index contributed by atoms with van der Waals surface area (Å²) in [5.74, 6) is 0.413.